The van der Waals surface area contributed by atoms with Crippen LogP contribution in [0.2, 0.25) is 0 Å². The molecule has 0 aromatic heterocycles. The van der Waals surface area contributed by atoms with Gasteiger partial charge in [-0.05, 0) is 25.9 Å². The molecular formula is C11H22N2O2S2. The van der Waals surface area contributed by atoms with Crippen LogP contribution in [0.4, 0.5) is 0 Å². The lowest BCUT2D eigenvalue weighted by molar-refractivity contribution is 0.158. The number of piperidine rings is 1. The summed E-state index contributed by atoms with van der Waals surface area (Å²) in [4.78, 5) is 2.26. The van der Waals surface area contributed by atoms with Crippen molar-refractivity contribution in [3.63, 3.8) is 0 Å². The normalized spacial score (nSPS) is 29.4. The molecule has 0 amide bonds. The maximum absolute atomic E-state index is 12.1. The van der Waals surface area contributed by atoms with Crippen LogP contribution >= 0.6 is 11.8 Å². The number of nitrogens with zero attached hydrogens (tertiary/aromatic N) is 1. The molecule has 0 radical (unpaired) electrons. The molecule has 0 bridgehead atoms. The minimum Gasteiger partial charge on any atom is -0.317 e. The molecule has 2 saturated heterocycles. The van der Waals surface area contributed by atoms with E-state index in [2.05, 4.69) is 10.2 Å². The van der Waals surface area contributed by atoms with Crippen LogP contribution in [0.5, 0.6) is 0 Å². The predicted octanol–water partition coefficient (Wildman–Crippen LogP) is 0.548. The van der Waals surface area contributed by atoms with Crippen molar-refractivity contribution in [2.24, 2.45) is 0 Å². The summed E-state index contributed by atoms with van der Waals surface area (Å²) in [7, 11) is -2.94. The zero-order valence-electron chi connectivity index (χ0n) is 10.4. The third kappa shape index (κ3) is 3.16. The Bertz CT molecular complexity index is 339. The van der Waals surface area contributed by atoms with E-state index < -0.39 is 9.84 Å². The molecule has 2 heterocycles. The van der Waals surface area contributed by atoms with Gasteiger partial charge in [0.1, 0.15) is 5.37 Å². The summed E-state index contributed by atoms with van der Waals surface area (Å²) < 4.78 is 24.3. The average Bonchev–Trinajstić information content (AvgIpc) is 2.40. The standard InChI is InChI=1S/C11H22N2O2S2/c1-2-17(14,15)11-9-16-8-7-13(11)10-3-5-12-6-4-10/h10-12H,2-9H2,1H3. The van der Waals surface area contributed by atoms with E-state index in [1.807, 2.05) is 0 Å². The Hall–Kier alpha value is 0.220. The van der Waals surface area contributed by atoms with Crippen LogP contribution in [0.15, 0.2) is 0 Å². The number of hydrogen-bond acceptors (Lipinski definition) is 5. The van der Waals surface area contributed by atoms with E-state index in [-0.39, 0.29) is 11.1 Å². The Morgan fingerprint density at radius 2 is 2.06 bits per heavy atom. The SMILES string of the molecule is CCS(=O)(=O)C1CSCCN1C1CCNCC1. The number of hydrogen-bond donors (Lipinski definition) is 1. The zero-order valence-corrected chi connectivity index (χ0v) is 12.0. The topological polar surface area (TPSA) is 49.4 Å². The molecule has 0 aromatic rings. The van der Waals surface area contributed by atoms with E-state index in [4.69, 9.17) is 0 Å². The van der Waals surface area contributed by atoms with Gasteiger partial charge >= 0.3 is 0 Å². The largest absolute Gasteiger partial charge is 0.317 e. The summed E-state index contributed by atoms with van der Waals surface area (Å²) in [6, 6.07) is 0.462. The monoisotopic (exact) mass is 278 g/mol. The van der Waals surface area contributed by atoms with Crippen molar-refractivity contribution < 1.29 is 8.42 Å². The highest BCUT2D eigenvalue weighted by atomic mass is 32.2. The summed E-state index contributed by atoms with van der Waals surface area (Å²) in [5.74, 6) is 2.08. The van der Waals surface area contributed by atoms with E-state index in [1.54, 1.807) is 18.7 Å². The molecule has 0 spiro atoms. The molecule has 2 aliphatic rings. The van der Waals surface area contributed by atoms with Crippen LogP contribution in [-0.2, 0) is 9.84 Å². The van der Waals surface area contributed by atoms with E-state index >= 15 is 0 Å². The molecule has 4 nitrogen and oxygen atoms in total. The van der Waals surface area contributed by atoms with Gasteiger partial charge < -0.3 is 5.32 Å². The van der Waals surface area contributed by atoms with Crippen LogP contribution in [-0.4, -0.2) is 61.6 Å². The van der Waals surface area contributed by atoms with Gasteiger partial charge in [0.05, 0.1) is 0 Å². The Morgan fingerprint density at radius 3 is 2.71 bits per heavy atom. The molecule has 2 fully saturated rings. The van der Waals surface area contributed by atoms with E-state index in [9.17, 15) is 8.42 Å². The van der Waals surface area contributed by atoms with Gasteiger partial charge in [-0.25, -0.2) is 8.42 Å². The molecule has 17 heavy (non-hydrogen) atoms. The molecule has 2 aliphatic heterocycles. The van der Waals surface area contributed by atoms with Crippen molar-refractivity contribution in [1.82, 2.24) is 10.2 Å². The highest BCUT2D eigenvalue weighted by Gasteiger charge is 2.36. The van der Waals surface area contributed by atoms with E-state index in [1.165, 1.54) is 0 Å². The van der Waals surface area contributed by atoms with Crippen LogP contribution in [0.3, 0.4) is 0 Å². The summed E-state index contributed by atoms with van der Waals surface area (Å²) >= 11 is 1.78. The van der Waals surface area contributed by atoms with Crippen LogP contribution in [0.1, 0.15) is 19.8 Å². The lowest BCUT2D eigenvalue weighted by Crippen LogP contribution is -2.54. The third-order valence-corrected chi connectivity index (χ3v) is 7.02. The quantitative estimate of drug-likeness (QED) is 0.817. The van der Waals surface area contributed by atoms with Crippen LogP contribution in [0.25, 0.3) is 0 Å². The fourth-order valence-corrected chi connectivity index (χ4v) is 5.74. The fraction of sp³-hybridized carbons (Fsp3) is 1.00. The van der Waals surface area contributed by atoms with Crippen LogP contribution < -0.4 is 5.32 Å². The van der Waals surface area contributed by atoms with Crippen molar-refractivity contribution in [2.75, 3.05) is 36.9 Å². The lowest BCUT2D eigenvalue weighted by Gasteiger charge is -2.41. The molecule has 0 aliphatic carbocycles. The second-order valence-corrected chi connectivity index (χ2v) is 8.30. The number of nitrogens with one attached hydrogen (secondary N) is 1. The Balaban J connectivity index is 2.11. The summed E-state index contributed by atoms with van der Waals surface area (Å²) in [5.41, 5.74) is 0. The third-order valence-electron chi connectivity index (χ3n) is 3.72. The second-order valence-electron chi connectivity index (χ2n) is 4.70. The van der Waals surface area contributed by atoms with Gasteiger partial charge in [-0.1, -0.05) is 6.92 Å². The highest BCUT2D eigenvalue weighted by Crippen LogP contribution is 2.26. The summed E-state index contributed by atoms with van der Waals surface area (Å²) in [6.07, 6.45) is 2.17. The lowest BCUT2D eigenvalue weighted by atomic mass is 10.0. The molecule has 1 unspecified atom stereocenters. The van der Waals surface area contributed by atoms with Crippen molar-refractivity contribution in [3.8, 4) is 0 Å². The van der Waals surface area contributed by atoms with Gasteiger partial charge in [0.15, 0.2) is 9.84 Å². The second kappa shape index (κ2) is 5.91. The molecule has 100 valence electrons. The summed E-state index contributed by atoms with van der Waals surface area (Å²) in [5, 5.41) is 3.10. The van der Waals surface area contributed by atoms with Gasteiger partial charge in [-0.2, -0.15) is 11.8 Å². The van der Waals surface area contributed by atoms with Gasteiger partial charge in [0.2, 0.25) is 0 Å². The Kier molecular flexibility index (Phi) is 4.74. The molecular weight excluding hydrogens is 256 g/mol. The van der Waals surface area contributed by atoms with Crippen molar-refractivity contribution in [1.29, 1.82) is 0 Å². The molecule has 0 saturated carbocycles. The first-order valence-electron chi connectivity index (χ1n) is 6.41. The van der Waals surface area contributed by atoms with Crippen molar-refractivity contribution in [2.45, 2.75) is 31.2 Å². The van der Waals surface area contributed by atoms with Crippen molar-refractivity contribution in [3.05, 3.63) is 0 Å². The first kappa shape index (κ1) is 13.6. The minimum atomic E-state index is -2.94. The molecule has 6 heteroatoms. The molecule has 0 aromatic carbocycles. The number of rotatable bonds is 3. The average molecular weight is 278 g/mol. The minimum absolute atomic E-state index is 0.241. The maximum Gasteiger partial charge on any atom is 0.166 e. The summed E-state index contributed by atoms with van der Waals surface area (Å²) in [6.45, 7) is 4.73. The van der Waals surface area contributed by atoms with Gasteiger partial charge in [0, 0.05) is 29.8 Å². The number of thioether (sulfide) groups is 1. The smallest absolute Gasteiger partial charge is 0.166 e. The Morgan fingerprint density at radius 1 is 1.35 bits per heavy atom. The van der Waals surface area contributed by atoms with Crippen molar-refractivity contribution >= 4 is 21.6 Å². The van der Waals surface area contributed by atoms with E-state index in [0.717, 1.165) is 44.0 Å². The highest BCUT2D eigenvalue weighted by molar-refractivity contribution is 8.01. The fourth-order valence-electron chi connectivity index (χ4n) is 2.65. The molecule has 1 atom stereocenters. The van der Waals surface area contributed by atoms with Crippen LogP contribution in [0, 0.1) is 0 Å². The number of sulfone groups is 1. The van der Waals surface area contributed by atoms with E-state index in [0.29, 0.717) is 6.04 Å². The zero-order chi connectivity index (χ0) is 12.3. The molecule has 2 rings (SSSR count). The Labute approximate surface area is 108 Å². The van der Waals surface area contributed by atoms with Gasteiger partial charge in [-0.15, -0.1) is 0 Å². The first-order chi connectivity index (χ1) is 8.15. The molecule has 1 N–H and O–H groups in total. The first-order valence-corrected chi connectivity index (χ1v) is 9.28. The maximum atomic E-state index is 12.1. The van der Waals surface area contributed by atoms with Gasteiger partial charge in [0.25, 0.3) is 0 Å². The van der Waals surface area contributed by atoms with Gasteiger partial charge in [-0.3, -0.25) is 4.90 Å². The predicted molar refractivity (Wildman–Crippen MR) is 73.2 cm³/mol.